The Morgan fingerprint density at radius 2 is 1.29 bits per heavy atom. The topological polar surface area (TPSA) is 77.8 Å². The summed E-state index contributed by atoms with van der Waals surface area (Å²) < 4.78 is -0.444. The van der Waals surface area contributed by atoms with Crippen molar-refractivity contribution in [2.24, 2.45) is 0 Å². The Kier molecular flexibility index (Phi) is 14.4. The van der Waals surface area contributed by atoms with Crippen LogP contribution in [0.2, 0.25) is 0 Å². The van der Waals surface area contributed by atoms with Gasteiger partial charge in [-0.1, -0.05) is 56.5 Å². The van der Waals surface area contributed by atoms with Crippen molar-refractivity contribution in [3.63, 3.8) is 0 Å². The molecule has 0 amide bonds. The van der Waals surface area contributed by atoms with Gasteiger partial charge in [0, 0.05) is 52.1 Å². The molecule has 0 unspecified atom stereocenters. The summed E-state index contributed by atoms with van der Waals surface area (Å²) in [6.07, 6.45) is 12.3. The summed E-state index contributed by atoms with van der Waals surface area (Å²) >= 11 is 3.19. The molecule has 0 saturated carbocycles. The van der Waals surface area contributed by atoms with E-state index in [2.05, 4.69) is 117 Å². The van der Waals surface area contributed by atoms with Gasteiger partial charge in [0.1, 0.15) is 23.8 Å². The number of aryl methyl sites for hydroxylation is 1. The Morgan fingerprint density at radius 1 is 0.745 bits per heavy atom. The van der Waals surface area contributed by atoms with Crippen LogP contribution in [0.1, 0.15) is 101 Å². The van der Waals surface area contributed by atoms with Crippen molar-refractivity contribution in [1.82, 2.24) is 0 Å². The number of hydrogen-bond donors (Lipinski definition) is 0. The number of rotatable bonds is 16. The normalized spacial score (nSPS) is 13.5. The first-order chi connectivity index (χ1) is 24.7. The van der Waals surface area contributed by atoms with Crippen LogP contribution >= 0.6 is 23.1 Å². The Bertz CT molecular complexity index is 1820. The summed E-state index contributed by atoms with van der Waals surface area (Å²) in [5.74, 6) is 0. The summed E-state index contributed by atoms with van der Waals surface area (Å²) in [4.78, 5) is 7.57. The number of nitriles is 3. The summed E-state index contributed by atoms with van der Waals surface area (Å²) in [6.45, 7) is 19.0. The number of hydrogen-bond acceptors (Lipinski definition) is 7. The quantitative estimate of drug-likeness (QED) is 0.109. The highest BCUT2D eigenvalue weighted by Crippen LogP contribution is 2.51. The minimum atomic E-state index is -0.444. The third kappa shape index (κ3) is 9.45. The molecule has 1 aromatic heterocycles. The second kappa shape index (κ2) is 18.7. The van der Waals surface area contributed by atoms with Crippen LogP contribution in [0.25, 0.3) is 17.7 Å². The smallest absolute Gasteiger partial charge is 0.144 e. The van der Waals surface area contributed by atoms with Crippen molar-refractivity contribution >= 4 is 52.2 Å². The van der Waals surface area contributed by atoms with Gasteiger partial charge in [-0.2, -0.15) is 15.8 Å². The van der Waals surface area contributed by atoms with Crippen LogP contribution in [0.4, 0.5) is 11.4 Å². The van der Waals surface area contributed by atoms with Crippen LogP contribution in [0.15, 0.2) is 82.3 Å². The summed E-state index contributed by atoms with van der Waals surface area (Å²) in [6, 6.07) is 26.5. The predicted octanol–water partition coefficient (Wildman–Crippen LogP) is 11.8. The maximum atomic E-state index is 10.1. The minimum absolute atomic E-state index is 0.00581. The lowest BCUT2D eigenvalue weighted by molar-refractivity contribution is 0.667. The fourth-order valence-electron chi connectivity index (χ4n) is 6.60. The number of benzene rings is 2. The summed E-state index contributed by atoms with van der Waals surface area (Å²) in [5.41, 5.74) is 8.60. The molecular formula is C44H51N5S2. The van der Waals surface area contributed by atoms with Crippen molar-refractivity contribution < 1.29 is 0 Å². The predicted molar refractivity (Wildman–Crippen MR) is 221 cm³/mol. The molecule has 3 aromatic rings. The molecule has 5 nitrogen and oxygen atoms in total. The standard InChI is InChI=1S/C44H51N5S2/c1-8-13-14-15-16-34-27-38(25-26-41-40(31-47)43(35(29-45)30-46)51-44(41,6)7)50-42(34)28-39(32-17-21-36(22-18-32)48(9-2)10-3)33-19-23-37(24-20-33)49(11-4)12-5/h17-28H,8-16H2,1-7H3/b26-25+. The van der Waals surface area contributed by atoms with Crippen LogP contribution in [0.5, 0.6) is 0 Å². The third-order valence-electron chi connectivity index (χ3n) is 9.53. The molecule has 0 fully saturated rings. The molecule has 0 atom stereocenters. The number of thioether (sulfide) groups is 1. The molecule has 0 radical (unpaired) electrons. The van der Waals surface area contributed by atoms with Crippen molar-refractivity contribution in [1.29, 1.82) is 15.8 Å². The van der Waals surface area contributed by atoms with Gasteiger partial charge in [0.2, 0.25) is 0 Å². The molecule has 51 heavy (non-hydrogen) atoms. The summed E-state index contributed by atoms with van der Waals surface area (Å²) in [7, 11) is 0. The van der Waals surface area contributed by atoms with Crippen molar-refractivity contribution in [3.8, 4) is 18.2 Å². The molecule has 1 aliphatic heterocycles. The zero-order valence-corrected chi connectivity index (χ0v) is 33.0. The van der Waals surface area contributed by atoms with Crippen molar-refractivity contribution in [2.45, 2.75) is 85.3 Å². The number of nitrogens with zero attached hydrogens (tertiary/aromatic N) is 5. The van der Waals surface area contributed by atoms with Gasteiger partial charge in [-0.15, -0.1) is 23.1 Å². The van der Waals surface area contributed by atoms with Crippen LogP contribution in [-0.2, 0) is 6.42 Å². The van der Waals surface area contributed by atoms with Crippen molar-refractivity contribution in [3.05, 3.63) is 109 Å². The largest absolute Gasteiger partial charge is 0.372 e. The van der Waals surface area contributed by atoms with Gasteiger partial charge in [-0.05, 0) is 125 Å². The van der Waals surface area contributed by atoms with Gasteiger partial charge in [-0.3, -0.25) is 0 Å². The average molecular weight is 714 g/mol. The Hall–Kier alpha value is -4.48. The number of unbranched alkanes of at least 4 members (excludes halogenated alkanes) is 3. The van der Waals surface area contributed by atoms with E-state index in [1.807, 2.05) is 32.1 Å². The van der Waals surface area contributed by atoms with Gasteiger partial charge in [0.05, 0.1) is 10.5 Å². The monoisotopic (exact) mass is 713 g/mol. The molecule has 0 saturated heterocycles. The lowest BCUT2D eigenvalue weighted by Gasteiger charge is -2.22. The molecular weight excluding hydrogens is 663 g/mol. The highest BCUT2D eigenvalue weighted by Gasteiger charge is 2.37. The SMILES string of the molecule is CCCCCCc1cc(/C=C/C2=C(C#N)C(=C(C#N)C#N)SC2(C)C)sc1C=C(c1ccc(N(CC)CC)cc1)c1ccc(N(CC)CC)cc1. The third-order valence-corrected chi connectivity index (χ3v) is 12.0. The zero-order valence-electron chi connectivity index (χ0n) is 31.3. The molecule has 0 aliphatic carbocycles. The van der Waals surface area contributed by atoms with E-state index in [1.54, 1.807) is 11.3 Å². The molecule has 1 aliphatic rings. The zero-order chi connectivity index (χ0) is 37.0. The number of thiophene rings is 1. The summed E-state index contributed by atoms with van der Waals surface area (Å²) in [5, 5.41) is 29.2. The van der Waals surface area contributed by atoms with E-state index in [-0.39, 0.29) is 5.57 Å². The van der Waals surface area contributed by atoms with Crippen molar-refractivity contribution in [2.75, 3.05) is 36.0 Å². The fraction of sp³-hybridized carbons (Fsp3) is 0.386. The molecule has 0 N–H and O–H groups in total. The molecule has 264 valence electrons. The highest BCUT2D eigenvalue weighted by molar-refractivity contribution is 8.05. The van der Waals surface area contributed by atoms with Crippen LogP contribution in [-0.4, -0.2) is 30.9 Å². The second-order valence-corrected chi connectivity index (χ2v) is 15.9. The lowest BCUT2D eigenvalue weighted by Crippen LogP contribution is -2.21. The molecule has 0 spiro atoms. The molecule has 7 heteroatoms. The van der Waals surface area contributed by atoms with Crippen LogP contribution in [0, 0.1) is 34.0 Å². The maximum absolute atomic E-state index is 10.1. The van der Waals surface area contributed by atoms with E-state index >= 15 is 0 Å². The van der Waals surface area contributed by atoms with Crippen LogP contribution in [0.3, 0.4) is 0 Å². The molecule has 0 bridgehead atoms. The van der Waals surface area contributed by atoms with E-state index < -0.39 is 4.75 Å². The van der Waals surface area contributed by atoms with Crippen LogP contribution < -0.4 is 9.80 Å². The first kappa shape index (κ1) is 39.3. The molecule has 2 heterocycles. The van der Waals surface area contributed by atoms with Gasteiger partial charge < -0.3 is 9.80 Å². The average Bonchev–Trinajstić information content (AvgIpc) is 3.65. The van der Waals surface area contributed by atoms with Gasteiger partial charge in [-0.25, -0.2) is 0 Å². The first-order valence-electron chi connectivity index (χ1n) is 18.3. The maximum Gasteiger partial charge on any atom is 0.144 e. The molecule has 4 rings (SSSR count). The second-order valence-electron chi connectivity index (χ2n) is 13.1. The number of anilines is 2. The first-order valence-corrected chi connectivity index (χ1v) is 19.9. The van der Waals surface area contributed by atoms with Gasteiger partial charge >= 0.3 is 0 Å². The minimum Gasteiger partial charge on any atom is -0.372 e. The van der Waals surface area contributed by atoms with E-state index in [9.17, 15) is 15.8 Å². The van der Waals surface area contributed by atoms with Gasteiger partial charge in [0.25, 0.3) is 0 Å². The van der Waals surface area contributed by atoms with E-state index in [0.717, 1.165) is 49.5 Å². The number of allylic oxidation sites excluding steroid dienone is 3. The highest BCUT2D eigenvalue weighted by atomic mass is 32.2. The van der Waals surface area contributed by atoms with Gasteiger partial charge in [0.15, 0.2) is 0 Å². The Morgan fingerprint density at radius 3 is 1.76 bits per heavy atom. The Labute approximate surface area is 314 Å². The Balaban J connectivity index is 1.85. The fourth-order valence-corrected chi connectivity index (χ4v) is 8.90. The molecule has 2 aromatic carbocycles. The van der Waals surface area contributed by atoms with E-state index in [0.29, 0.717) is 10.5 Å². The van der Waals surface area contributed by atoms with E-state index in [4.69, 9.17) is 0 Å². The van der Waals surface area contributed by atoms with E-state index in [1.165, 1.54) is 69.5 Å². The lowest BCUT2D eigenvalue weighted by atomic mass is 9.95.